The van der Waals surface area contributed by atoms with Crippen LogP contribution in [-0.2, 0) is 9.84 Å². The van der Waals surface area contributed by atoms with Crippen LogP contribution in [0, 0.1) is 0 Å². The van der Waals surface area contributed by atoms with Crippen LogP contribution < -0.4 is 4.90 Å². The smallest absolute Gasteiger partial charge is 0.159 e. The highest BCUT2D eigenvalue weighted by molar-refractivity contribution is 7.93. The summed E-state index contributed by atoms with van der Waals surface area (Å²) >= 11 is 0. The van der Waals surface area contributed by atoms with Gasteiger partial charge in [-0.1, -0.05) is 54.6 Å². The van der Waals surface area contributed by atoms with Crippen LogP contribution >= 0.6 is 0 Å². The molecule has 29 heavy (non-hydrogen) atoms. The molecule has 2 unspecified atom stereocenters. The van der Waals surface area contributed by atoms with E-state index in [4.69, 9.17) is 0 Å². The summed E-state index contributed by atoms with van der Waals surface area (Å²) in [6.45, 7) is 0. The summed E-state index contributed by atoms with van der Waals surface area (Å²) in [5.41, 5.74) is 5.59. The normalized spacial score (nSPS) is 22.1. The van der Waals surface area contributed by atoms with Crippen molar-refractivity contribution in [1.82, 2.24) is 0 Å². The van der Waals surface area contributed by atoms with E-state index in [1.807, 2.05) is 42.5 Å². The van der Waals surface area contributed by atoms with Gasteiger partial charge in [-0.2, -0.15) is 0 Å². The van der Waals surface area contributed by atoms with Crippen molar-refractivity contribution < 1.29 is 8.42 Å². The average molecular weight is 402 g/mol. The highest BCUT2D eigenvalue weighted by Gasteiger charge is 2.43. The van der Waals surface area contributed by atoms with Crippen LogP contribution in [-0.4, -0.2) is 18.9 Å². The minimum absolute atomic E-state index is 0.197. The second kappa shape index (κ2) is 7.20. The fourth-order valence-electron chi connectivity index (χ4n) is 4.50. The number of allylic oxidation sites excluding steroid dienone is 1. The van der Waals surface area contributed by atoms with Gasteiger partial charge in [0.25, 0.3) is 0 Å². The van der Waals surface area contributed by atoms with Crippen molar-refractivity contribution >= 4 is 32.5 Å². The molecule has 3 aromatic rings. The van der Waals surface area contributed by atoms with Crippen LogP contribution in [0.5, 0.6) is 0 Å². The second-order valence-electron chi connectivity index (χ2n) is 7.78. The quantitative estimate of drug-likeness (QED) is 0.547. The summed E-state index contributed by atoms with van der Waals surface area (Å²) in [5, 5.41) is -0.488. The first-order chi connectivity index (χ1) is 14.1. The second-order valence-corrected chi connectivity index (χ2v) is 10.2. The largest absolute Gasteiger partial charge is 0.311 e. The van der Waals surface area contributed by atoms with Crippen LogP contribution in [0.2, 0.25) is 0 Å². The summed E-state index contributed by atoms with van der Waals surface area (Å²) in [6, 6.07) is 29.1. The number of hydrogen-bond acceptors (Lipinski definition) is 3. The SMILES string of the molecule is O=S1(=O)C2C=C(c3ccc(N(c4ccccc4)c4ccccc4)cc3)CC1CC2. The number of benzene rings is 3. The van der Waals surface area contributed by atoms with E-state index in [0.29, 0.717) is 6.42 Å². The first-order valence-corrected chi connectivity index (χ1v) is 11.7. The first kappa shape index (κ1) is 18.2. The molecule has 2 bridgehead atoms. The van der Waals surface area contributed by atoms with Gasteiger partial charge in [-0.3, -0.25) is 0 Å². The van der Waals surface area contributed by atoms with Crippen molar-refractivity contribution in [1.29, 1.82) is 0 Å². The molecule has 5 rings (SSSR count). The molecule has 3 nitrogen and oxygen atoms in total. The predicted molar refractivity (Wildman–Crippen MR) is 119 cm³/mol. The number of hydrogen-bond donors (Lipinski definition) is 0. The molecule has 0 aliphatic carbocycles. The summed E-state index contributed by atoms with van der Waals surface area (Å²) in [4.78, 5) is 2.23. The van der Waals surface area contributed by atoms with Crippen LogP contribution in [0.1, 0.15) is 24.8 Å². The number of anilines is 3. The number of para-hydroxylation sites is 2. The zero-order valence-electron chi connectivity index (χ0n) is 16.1. The lowest BCUT2D eigenvalue weighted by molar-refractivity contribution is 0.585. The van der Waals surface area contributed by atoms with E-state index in [-0.39, 0.29) is 10.5 Å². The Labute approximate surface area is 172 Å². The summed E-state index contributed by atoms with van der Waals surface area (Å²) < 4.78 is 24.7. The minimum Gasteiger partial charge on any atom is -0.311 e. The van der Waals surface area contributed by atoms with Gasteiger partial charge in [0.1, 0.15) is 0 Å². The third-order valence-electron chi connectivity index (χ3n) is 6.02. The Morgan fingerprint density at radius 3 is 1.79 bits per heavy atom. The van der Waals surface area contributed by atoms with Crippen molar-refractivity contribution in [3.05, 3.63) is 96.6 Å². The van der Waals surface area contributed by atoms with Gasteiger partial charge in [-0.25, -0.2) is 8.42 Å². The van der Waals surface area contributed by atoms with E-state index in [1.54, 1.807) is 0 Å². The summed E-state index contributed by atoms with van der Waals surface area (Å²) in [7, 11) is -2.95. The van der Waals surface area contributed by atoms with E-state index in [0.717, 1.165) is 35.5 Å². The molecular formula is C25H23NO2S. The van der Waals surface area contributed by atoms with Crippen LogP contribution in [0.4, 0.5) is 17.1 Å². The van der Waals surface area contributed by atoms with E-state index in [2.05, 4.69) is 53.4 Å². The molecule has 0 amide bonds. The van der Waals surface area contributed by atoms with Crippen molar-refractivity contribution in [2.24, 2.45) is 0 Å². The lowest BCUT2D eigenvalue weighted by Gasteiger charge is -2.26. The molecule has 0 saturated carbocycles. The van der Waals surface area contributed by atoms with E-state index in [1.165, 1.54) is 5.57 Å². The van der Waals surface area contributed by atoms with Crippen LogP contribution in [0.15, 0.2) is 91.0 Å². The maximum absolute atomic E-state index is 12.4. The Bertz CT molecular complexity index is 1100. The maximum Gasteiger partial charge on any atom is 0.159 e. The van der Waals surface area contributed by atoms with Gasteiger partial charge >= 0.3 is 0 Å². The van der Waals surface area contributed by atoms with Gasteiger partial charge in [0, 0.05) is 17.1 Å². The summed E-state index contributed by atoms with van der Waals surface area (Å²) in [6.07, 6.45) is 4.19. The molecule has 2 aliphatic rings. The van der Waals surface area contributed by atoms with Gasteiger partial charge in [0.05, 0.1) is 10.5 Å². The highest BCUT2D eigenvalue weighted by Crippen LogP contribution is 2.41. The zero-order chi connectivity index (χ0) is 19.8. The molecule has 2 heterocycles. The highest BCUT2D eigenvalue weighted by atomic mass is 32.2. The minimum atomic E-state index is -2.95. The Kier molecular flexibility index (Phi) is 4.51. The number of sulfone groups is 1. The monoisotopic (exact) mass is 401 g/mol. The zero-order valence-corrected chi connectivity index (χ0v) is 16.9. The van der Waals surface area contributed by atoms with Crippen LogP contribution in [0.25, 0.3) is 5.57 Å². The molecule has 2 atom stereocenters. The molecule has 1 saturated heterocycles. The van der Waals surface area contributed by atoms with Gasteiger partial charge in [0.15, 0.2) is 9.84 Å². The lowest BCUT2D eigenvalue weighted by Crippen LogP contribution is -2.26. The number of rotatable bonds is 4. The Morgan fingerprint density at radius 2 is 1.24 bits per heavy atom. The lowest BCUT2D eigenvalue weighted by atomic mass is 10.00. The molecule has 146 valence electrons. The maximum atomic E-state index is 12.4. The number of nitrogens with zero attached hydrogens (tertiary/aromatic N) is 1. The Hall–Kier alpha value is -2.85. The fraction of sp³-hybridized carbons (Fsp3) is 0.200. The standard InChI is InChI=1S/C25H23NO2S/c27-29(28)24-15-16-25(29)18-20(17-24)19-11-13-23(14-12-19)26(21-7-3-1-4-8-21)22-9-5-2-6-10-22/h1-14,17,24-25H,15-16,18H2. The molecule has 0 aromatic heterocycles. The summed E-state index contributed by atoms with van der Waals surface area (Å²) in [5.74, 6) is 0. The van der Waals surface area contributed by atoms with Crippen molar-refractivity contribution in [2.75, 3.05) is 4.90 Å². The molecular weight excluding hydrogens is 378 g/mol. The topological polar surface area (TPSA) is 37.4 Å². The van der Waals surface area contributed by atoms with Gasteiger partial charge in [0.2, 0.25) is 0 Å². The van der Waals surface area contributed by atoms with Gasteiger partial charge in [-0.15, -0.1) is 0 Å². The van der Waals surface area contributed by atoms with E-state index >= 15 is 0 Å². The predicted octanol–water partition coefficient (Wildman–Crippen LogP) is 5.89. The average Bonchev–Trinajstić information content (AvgIpc) is 2.92. The van der Waals surface area contributed by atoms with E-state index in [9.17, 15) is 8.42 Å². The molecule has 0 N–H and O–H groups in total. The Morgan fingerprint density at radius 1 is 0.690 bits per heavy atom. The fourth-order valence-corrected chi connectivity index (χ4v) is 6.69. The number of fused-ring (bicyclic) bond motifs is 2. The van der Waals surface area contributed by atoms with Gasteiger partial charge in [-0.05, 0) is 66.8 Å². The van der Waals surface area contributed by atoms with Gasteiger partial charge < -0.3 is 4.90 Å². The molecule has 0 spiro atoms. The molecule has 4 heteroatoms. The van der Waals surface area contributed by atoms with Crippen molar-refractivity contribution in [3.63, 3.8) is 0 Å². The molecule has 2 aliphatic heterocycles. The third-order valence-corrected chi connectivity index (χ3v) is 8.57. The molecule has 3 aromatic carbocycles. The third kappa shape index (κ3) is 3.28. The van der Waals surface area contributed by atoms with Crippen molar-refractivity contribution in [2.45, 2.75) is 29.8 Å². The first-order valence-electron chi connectivity index (χ1n) is 10.1. The molecule has 1 fully saturated rings. The molecule has 0 radical (unpaired) electrons. The van der Waals surface area contributed by atoms with Crippen molar-refractivity contribution in [3.8, 4) is 0 Å². The van der Waals surface area contributed by atoms with E-state index < -0.39 is 9.84 Å². The Balaban J connectivity index is 1.50. The van der Waals surface area contributed by atoms with Crippen LogP contribution in [0.3, 0.4) is 0 Å².